The maximum atomic E-state index is 13.8. The quantitative estimate of drug-likeness (QED) is 0.258. The number of benzene rings is 2. The van der Waals surface area contributed by atoms with Gasteiger partial charge in [0.05, 0.1) is 29.6 Å². The molecule has 0 amide bonds. The highest BCUT2D eigenvalue weighted by Gasteiger charge is 2.41. The Morgan fingerprint density at radius 3 is 2.44 bits per heavy atom. The predicted molar refractivity (Wildman–Crippen MR) is 118 cm³/mol. The number of ether oxygens (including phenoxy) is 1. The van der Waals surface area contributed by atoms with E-state index in [1.165, 1.54) is 54.4 Å². The summed E-state index contributed by atoms with van der Waals surface area (Å²) in [7, 11) is 1.23. The Morgan fingerprint density at radius 2 is 1.82 bits per heavy atom. The van der Waals surface area contributed by atoms with Crippen LogP contribution in [0.25, 0.3) is 16.8 Å². The molecule has 5 nitrogen and oxygen atoms in total. The molecule has 0 fully saturated rings. The van der Waals surface area contributed by atoms with Gasteiger partial charge in [0.2, 0.25) is 0 Å². The summed E-state index contributed by atoms with van der Waals surface area (Å²) >= 11 is 6.48. The van der Waals surface area contributed by atoms with Crippen LogP contribution in [0.15, 0.2) is 60.9 Å². The van der Waals surface area contributed by atoms with Crippen molar-refractivity contribution in [2.75, 3.05) is 7.11 Å². The van der Waals surface area contributed by atoms with Crippen molar-refractivity contribution in [1.82, 2.24) is 14.6 Å². The lowest BCUT2D eigenvalue weighted by atomic mass is 9.80. The predicted octanol–water partition coefficient (Wildman–Crippen LogP) is 5.88. The van der Waals surface area contributed by atoms with Gasteiger partial charge in [-0.3, -0.25) is 4.79 Å². The van der Waals surface area contributed by atoms with Crippen LogP contribution in [-0.2, 0) is 27.5 Å². The first-order valence-corrected chi connectivity index (χ1v) is 10.5. The zero-order chi connectivity index (χ0) is 24.7. The molecule has 0 N–H and O–H groups in total. The smallest absolute Gasteiger partial charge is 0.416 e. The zero-order valence-corrected chi connectivity index (χ0v) is 18.8. The first kappa shape index (κ1) is 23.7. The fraction of sp³-hybridized carbons (Fsp3) is 0.208. The minimum atomic E-state index is -4.46. The Labute approximate surface area is 197 Å². The van der Waals surface area contributed by atoms with Gasteiger partial charge in [0.1, 0.15) is 11.2 Å². The van der Waals surface area contributed by atoms with Gasteiger partial charge in [-0.15, -0.1) is 0 Å². The van der Waals surface area contributed by atoms with E-state index in [9.17, 15) is 22.4 Å². The second-order valence-corrected chi connectivity index (χ2v) is 8.36. The summed E-state index contributed by atoms with van der Waals surface area (Å²) in [6, 6.07) is 10.4. The Bertz CT molecular complexity index is 1370. The molecule has 0 aliphatic carbocycles. The number of rotatable bonds is 5. The van der Waals surface area contributed by atoms with E-state index >= 15 is 0 Å². The molecule has 0 aliphatic rings. The number of alkyl halides is 3. The monoisotopic (exact) mass is 491 g/mol. The summed E-state index contributed by atoms with van der Waals surface area (Å²) in [6.07, 6.45) is -1.64. The number of methoxy groups -OCH3 is 1. The Morgan fingerprint density at radius 1 is 1.12 bits per heavy atom. The standard InChI is InChI=1S/C24H18ClF4N3O2/c1-23(22(33)34-2,11-14-4-3-5-17(26)10-14)20-19(25)13-30-21-18(12-31-32(20)21)15-6-8-16(9-7-15)24(27,28)29/h3-10,12-13H,11H2,1-2H3/t23-/m0/s1. The molecule has 4 rings (SSSR count). The van der Waals surface area contributed by atoms with Crippen LogP contribution in [0.2, 0.25) is 5.02 Å². The van der Waals surface area contributed by atoms with Crippen LogP contribution in [-0.4, -0.2) is 27.7 Å². The summed E-state index contributed by atoms with van der Waals surface area (Å²) < 4.78 is 59.1. The maximum absolute atomic E-state index is 13.8. The molecule has 0 bridgehead atoms. The van der Waals surface area contributed by atoms with Crippen molar-refractivity contribution < 1.29 is 27.1 Å². The average Bonchev–Trinajstić information content (AvgIpc) is 3.21. The summed E-state index contributed by atoms with van der Waals surface area (Å²) in [5, 5.41) is 4.46. The van der Waals surface area contributed by atoms with Gasteiger partial charge in [-0.05, 0) is 48.7 Å². The molecule has 4 aromatic rings. The van der Waals surface area contributed by atoms with E-state index in [1.807, 2.05) is 0 Å². The molecule has 0 saturated carbocycles. The molecule has 0 radical (unpaired) electrons. The fourth-order valence-electron chi connectivity index (χ4n) is 3.98. The Balaban J connectivity index is 1.87. The molecule has 2 aromatic heterocycles. The van der Waals surface area contributed by atoms with Gasteiger partial charge in [0.25, 0.3) is 0 Å². The van der Waals surface area contributed by atoms with E-state index in [0.717, 1.165) is 12.1 Å². The van der Waals surface area contributed by atoms with Crippen LogP contribution in [0.3, 0.4) is 0 Å². The molecule has 0 spiro atoms. The summed E-state index contributed by atoms with van der Waals surface area (Å²) in [5.41, 5.74) is -0.188. The van der Waals surface area contributed by atoms with E-state index in [0.29, 0.717) is 16.7 Å². The number of halogens is 5. The van der Waals surface area contributed by atoms with Gasteiger partial charge in [-0.2, -0.15) is 18.3 Å². The second kappa shape index (κ2) is 8.72. The van der Waals surface area contributed by atoms with Gasteiger partial charge >= 0.3 is 12.1 Å². The third-order valence-electron chi connectivity index (χ3n) is 5.61. The van der Waals surface area contributed by atoms with Gasteiger partial charge in [-0.25, -0.2) is 13.9 Å². The third kappa shape index (κ3) is 4.23. The van der Waals surface area contributed by atoms with E-state index in [2.05, 4.69) is 10.1 Å². The summed E-state index contributed by atoms with van der Waals surface area (Å²) in [4.78, 5) is 17.3. The third-order valence-corrected chi connectivity index (χ3v) is 5.89. The van der Waals surface area contributed by atoms with Crippen molar-refractivity contribution in [3.8, 4) is 11.1 Å². The molecule has 0 unspecified atom stereocenters. The van der Waals surface area contributed by atoms with Crippen LogP contribution >= 0.6 is 11.6 Å². The minimum absolute atomic E-state index is 0.0474. The number of esters is 1. The summed E-state index contributed by atoms with van der Waals surface area (Å²) in [6.45, 7) is 1.60. The summed E-state index contributed by atoms with van der Waals surface area (Å²) in [5.74, 6) is -1.09. The van der Waals surface area contributed by atoms with E-state index < -0.39 is 28.9 Å². The molecular weight excluding hydrogens is 474 g/mol. The maximum Gasteiger partial charge on any atom is 0.416 e. The highest BCUT2D eigenvalue weighted by Crippen LogP contribution is 2.37. The number of hydrogen-bond acceptors (Lipinski definition) is 4. The van der Waals surface area contributed by atoms with Crippen molar-refractivity contribution in [2.45, 2.75) is 24.9 Å². The number of aromatic nitrogens is 3. The lowest BCUT2D eigenvalue weighted by Crippen LogP contribution is -2.38. The van der Waals surface area contributed by atoms with Gasteiger partial charge in [-0.1, -0.05) is 35.9 Å². The van der Waals surface area contributed by atoms with Crippen molar-refractivity contribution in [1.29, 1.82) is 0 Å². The molecule has 0 saturated heterocycles. The SMILES string of the molecule is COC(=O)[C@@](C)(Cc1cccc(F)c1)c1c(Cl)cnc2c(-c3ccc(C(F)(F)F)cc3)cnn12. The van der Waals surface area contributed by atoms with Crippen LogP contribution in [0.5, 0.6) is 0 Å². The van der Waals surface area contributed by atoms with E-state index in [4.69, 9.17) is 16.3 Å². The molecule has 10 heteroatoms. The lowest BCUT2D eigenvalue weighted by molar-refractivity contribution is -0.147. The fourth-order valence-corrected chi connectivity index (χ4v) is 4.32. The molecule has 34 heavy (non-hydrogen) atoms. The zero-order valence-electron chi connectivity index (χ0n) is 18.0. The van der Waals surface area contributed by atoms with Crippen LogP contribution in [0.1, 0.15) is 23.7 Å². The van der Waals surface area contributed by atoms with Crippen LogP contribution < -0.4 is 0 Å². The number of carbonyl (C=O) groups excluding carboxylic acids is 1. The van der Waals surface area contributed by atoms with E-state index in [-0.39, 0.29) is 22.8 Å². The van der Waals surface area contributed by atoms with Crippen molar-refractivity contribution >= 4 is 23.2 Å². The van der Waals surface area contributed by atoms with Crippen molar-refractivity contribution in [3.63, 3.8) is 0 Å². The number of hydrogen-bond donors (Lipinski definition) is 0. The second-order valence-electron chi connectivity index (χ2n) is 7.95. The Hall–Kier alpha value is -3.46. The van der Waals surface area contributed by atoms with Crippen molar-refractivity contribution in [3.05, 3.63) is 88.6 Å². The van der Waals surface area contributed by atoms with Crippen LogP contribution in [0.4, 0.5) is 17.6 Å². The number of nitrogens with zero attached hydrogens (tertiary/aromatic N) is 3. The molecule has 2 heterocycles. The highest BCUT2D eigenvalue weighted by atomic mass is 35.5. The number of carbonyl (C=O) groups is 1. The van der Waals surface area contributed by atoms with Crippen LogP contribution in [0, 0.1) is 5.82 Å². The largest absolute Gasteiger partial charge is 0.468 e. The highest BCUT2D eigenvalue weighted by molar-refractivity contribution is 6.31. The topological polar surface area (TPSA) is 56.5 Å². The van der Waals surface area contributed by atoms with Crippen molar-refractivity contribution in [2.24, 2.45) is 0 Å². The first-order valence-electron chi connectivity index (χ1n) is 10.1. The van der Waals surface area contributed by atoms with Gasteiger partial charge in [0.15, 0.2) is 5.65 Å². The minimum Gasteiger partial charge on any atom is -0.468 e. The number of fused-ring (bicyclic) bond motifs is 1. The lowest BCUT2D eigenvalue weighted by Gasteiger charge is -2.28. The average molecular weight is 492 g/mol. The Kier molecular flexibility index (Phi) is 6.07. The van der Waals surface area contributed by atoms with Gasteiger partial charge in [0, 0.05) is 11.8 Å². The molecule has 0 aliphatic heterocycles. The van der Waals surface area contributed by atoms with Gasteiger partial charge < -0.3 is 4.74 Å². The molecular formula is C24H18ClF4N3O2. The molecule has 176 valence electrons. The molecule has 1 atom stereocenters. The normalized spacial score (nSPS) is 13.6. The molecule has 2 aromatic carbocycles. The van der Waals surface area contributed by atoms with E-state index in [1.54, 1.807) is 13.0 Å². The first-order chi connectivity index (χ1) is 16.0.